The van der Waals surface area contributed by atoms with Gasteiger partial charge in [-0.25, -0.2) is 9.59 Å². The monoisotopic (exact) mass is 490 g/mol. The van der Waals surface area contributed by atoms with Crippen LogP contribution < -0.4 is 0 Å². The summed E-state index contributed by atoms with van der Waals surface area (Å²) < 4.78 is 10.1. The van der Waals surface area contributed by atoms with Crippen molar-refractivity contribution in [3.05, 3.63) is 12.2 Å². The van der Waals surface area contributed by atoms with Crippen LogP contribution >= 0.6 is 0 Å². The fourth-order valence-electron chi connectivity index (χ4n) is 2.34. The van der Waals surface area contributed by atoms with Crippen molar-refractivity contribution in [2.24, 2.45) is 0 Å². The van der Waals surface area contributed by atoms with Crippen LogP contribution in [-0.4, -0.2) is 46.3 Å². The number of hydrogen-bond acceptors (Lipinski definition) is 4. The van der Waals surface area contributed by atoms with Crippen LogP contribution in [0.15, 0.2) is 12.2 Å². The Morgan fingerprint density at radius 3 is 1.26 bits per heavy atom. The summed E-state index contributed by atoms with van der Waals surface area (Å²) in [6.07, 6.45) is 16.1. The zero-order chi connectivity index (χ0) is 20.6. The van der Waals surface area contributed by atoms with E-state index in [2.05, 4.69) is 23.7 Å². The predicted octanol–water partition coefficient (Wildman–Crippen LogP) is 6.14. The van der Waals surface area contributed by atoms with Crippen LogP contribution in [0.2, 0.25) is 9.88 Å². The summed E-state index contributed by atoms with van der Waals surface area (Å²) in [5, 5.41) is 0. The molecule has 0 spiro atoms. The van der Waals surface area contributed by atoms with Gasteiger partial charge in [0.2, 0.25) is 0 Å². The average molecular weight is 489 g/mol. The van der Waals surface area contributed by atoms with E-state index < -0.39 is 11.9 Å². The third-order valence-electron chi connectivity index (χ3n) is 3.84. The molecule has 0 bridgehead atoms. The van der Waals surface area contributed by atoms with Crippen molar-refractivity contribution in [3.8, 4) is 0 Å². The summed E-state index contributed by atoms with van der Waals surface area (Å²) in [6, 6.07) is 0. The topological polar surface area (TPSA) is 52.6 Å². The number of carbonyl (C=O) groups is 2. The molecule has 0 N–H and O–H groups in total. The Kier molecular flexibility index (Phi) is 27.1. The maximum absolute atomic E-state index is 11.4. The Morgan fingerprint density at radius 1 is 0.630 bits per heavy atom. The van der Waals surface area contributed by atoms with Gasteiger partial charge in [-0.15, -0.1) is 0 Å². The van der Waals surface area contributed by atoms with E-state index in [1.165, 1.54) is 51.4 Å². The van der Waals surface area contributed by atoms with Crippen LogP contribution in [0.4, 0.5) is 0 Å². The van der Waals surface area contributed by atoms with Crippen molar-refractivity contribution < 1.29 is 19.1 Å². The molecule has 0 aromatic carbocycles. The first-order valence-corrected chi connectivity index (χ1v) is 16.4. The fourth-order valence-corrected chi connectivity index (χ4v) is 2.34. The molecule has 0 saturated carbocycles. The van der Waals surface area contributed by atoms with E-state index in [-0.39, 0.29) is 21.1 Å². The molecular weight excluding hydrogens is 447 g/mol. The van der Waals surface area contributed by atoms with Crippen LogP contribution in [0.3, 0.4) is 0 Å². The predicted molar refractivity (Wildman–Crippen MR) is 115 cm³/mol. The van der Waals surface area contributed by atoms with Gasteiger partial charge >= 0.3 is 43.0 Å². The summed E-state index contributed by atoms with van der Waals surface area (Å²) in [7, 11) is 0. The molecule has 0 unspecified atom stereocenters. The number of hydrogen-bond donors (Lipinski definition) is 0. The Balaban J connectivity index is 0. The quantitative estimate of drug-likeness (QED) is 0.113. The summed E-state index contributed by atoms with van der Waals surface area (Å²) in [5.41, 5.74) is 0. The van der Waals surface area contributed by atoms with Gasteiger partial charge in [0.1, 0.15) is 0 Å². The minimum absolute atomic E-state index is 0.230. The van der Waals surface area contributed by atoms with Gasteiger partial charge in [-0.05, 0) is 12.8 Å². The summed E-state index contributed by atoms with van der Waals surface area (Å²) in [5.74, 6) is -0.944. The minimum atomic E-state index is -0.472. The third-order valence-corrected chi connectivity index (χ3v) is 3.84. The zero-order valence-electron chi connectivity index (χ0n) is 18.2. The van der Waals surface area contributed by atoms with Gasteiger partial charge in [0, 0.05) is 12.2 Å². The standard InChI is InChI=1S/C20H36O4.2CH3.Sn/c1-3-5-7-9-11-13-17-23-19(21)15-16-20(22)24-18-14-12-10-8-6-4-2;;;/h15-16H,3-14,17-18H2,1-2H3;2*1H3;/b16-15-;;;. The fraction of sp³-hybridized carbons (Fsp3) is 0.818. The number of rotatable bonds is 16. The van der Waals surface area contributed by atoms with E-state index in [1.807, 2.05) is 0 Å². The number of esters is 2. The molecule has 0 aromatic heterocycles. The molecule has 0 rings (SSSR count). The summed E-state index contributed by atoms with van der Waals surface area (Å²) in [4.78, 5) is 27.5. The molecule has 4 nitrogen and oxygen atoms in total. The second-order valence-corrected chi connectivity index (χ2v) is 9.56. The number of carbonyl (C=O) groups excluding carboxylic acids is 2. The summed E-state index contributed by atoms with van der Waals surface area (Å²) >= 11 is 0.230. The molecule has 0 aliphatic rings. The molecule has 0 heterocycles. The van der Waals surface area contributed by atoms with Crippen LogP contribution in [0.1, 0.15) is 90.9 Å². The van der Waals surface area contributed by atoms with E-state index in [4.69, 9.17) is 9.47 Å². The second-order valence-electron chi connectivity index (χ2n) is 6.70. The van der Waals surface area contributed by atoms with Gasteiger partial charge in [0.05, 0.1) is 13.2 Å². The molecular formula is C22H42O4Sn. The van der Waals surface area contributed by atoms with Crippen LogP contribution in [-0.2, 0) is 19.1 Å². The molecule has 5 heteroatoms. The first-order valence-electron chi connectivity index (χ1n) is 10.7. The Bertz CT molecular complexity index is 324. The van der Waals surface area contributed by atoms with Gasteiger partial charge in [0.25, 0.3) is 0 Å². The van der Waals surface area contributed by atoms with Crippen molar-refractivity contribution in [3.63, 3.8) is 0 Å². The van der Waals surface area contributed by atoms with Crippen molar-refractivity contribution in [2.75, 3.05) is 13.2 Å². The van der Waals surface area contributed by atoms with Crippen molar-refractivity contribution in [2.45, 2.75) is 101 Å². The van der Waals surface area contributed by atoms with Crippen LogP contribution in [0.5, 0.6) is 0 Å². The average Bonchev–Trinajstić information content (AvgIpc) is 2.65. The van der Waals surface area contributed by atoms with Gasteiger partial charge < -0.3 is 9.47 Å². The first-order chi connectivity index (χ1) is 13.1. The van der Waals surface area contributed by atoms with Gasteiger partial charge in [0.15, 0.2) is 0 Å². The molecule has 158 valence electrons. The van der Waals surface area contributed by atoms with Crippen molar-refractivity contribution >= 4 is 33.1 Å². The van der Waals surface area contributed by atoms with E-state index in [0.29, 0.717) is 13.2 Å². The zero-order valence-corrected chi connectivity index (χ0v) is 21.0. The molecule has 0 amide bonds. The van der Waals surface area contributed by atoms with Crippen LogP contribution in [0, 0.1) is 0 Å². The summed E-state index contributed by atoms with van der Waals surface area (Å²) in [6.45, 7) is 5.21. The van der Waals surface area contributed by atoms with E-state index in [0.717, 1.165) is 37.8 Å². The SMILES string of the molecule is CCCCCCCCOC(=O)/C=C\C(=O)OCCCCCCCC.[CH3][Sn][CH3]. The molecule has 0 aliphatic heterocycles. The Labute approximate surface area is 178 Å². The number of unbranched alkanes of at least 4 members (excludes halogenated alkanes) is 10. The van der Waals surface area contributed by atoms with Crippen molar-refractivity contribution in [1.29, 1.82) is 0 Å². The van der Waals surface area contributed by atoms with E-state index in [9.17, 15) is 9.59 Å². The van der Waals surface area contributed by atoms with Crippen LogP contribution in [0.25, 0.3) is 0 Å². The normalized spacial score (nSPS) is 10.4. The van der Waals surface area contributed by atoms with E-state index >= 15 is 0 Å². The first kappa shape index (κ1) is 28.7. The Morgan fingerprint density at radius 2 is 0.926 bits per heavy atom. The maximum atomic E-state index is 11.4. The molecule has 2 radical (unpaired) electrons. The van der Waals surface area contributed by atoms with E-state index in [1.54, 1.807) is 0 Å². The molecule has 0 aliphatic carbocycles. The van der Waals surface area contributed by atoms with Gasteiger partial charge in [-0.1, -0.05) is 78.1 Å². The molecule has 0 fully saturated rings. The molecule has 27 heavy (non-hydrogen) atoms. The number of ether oxygens (including phenoxy) is 2. The molecule has 0 aromatic rings. The second kappa shape index (κ2) is 25.5. The van der Waals surface area contributed by atoms with Gasteiger partial charge in [-0.2, -0.15) is 0 Å². The molecule has 0 saturated heterocycles. The van der Waals surface area contributed by atoms with Crippen molar-refractivity contribution in [1.82, 2.24) is 0 Å². The Hall–Kier alpha value is -0.521. The van der Waals surface area contributed by atoms with Gasteiger partial charge in [-0.3, -0.25) is 0 Å². The molecule has 0 atom stereocenters. The third kappa shape index (κ3) is 27.8.